The van der Waals surface area contributed by atoms with Crippen LogP contribution in [0.3, 0.4) is 0 Å². The molecule has 1 aromatic heterocycles. The minimum absolute atomic E-state index is 0.173. The van der Waals surface area contributed by atoms with Crippen LogP contribution in [0.2, 0.25) is 5.02 Å². The first kappa shape index (κ1) is 15.6. The maximum absolute atomic E-state index is 6.14. The molecule has 0 aliphatic rings. The van der Waals surface area contributed by atoms with E-state index >= 15 is 0 Å². The smallest absolute Gasteiger partial charge is 0.227 e. The van der Waals surface area contributed by atoms with Crippen molar-refractivity contribution in [3.8, 4) is 17.2 Å². The van der Waals surface area contributed by atoms with Crippen LogP contribution >= 0.6 is 23.2 Å². The molecule has 0 aliphatic heterocycles. The van der Waals surface area contributed by atoms with Gasteiger partial charge in [-0.05, 0) is 36.4 Å². The molecule has 0 unspecified atom stereocenters. The van der Waals surface area contributed by atoms with Crippen LogP contribution in [0.1, 0.15) is 0 Å². The molecule has 0 amide bonds. The highest BCUT2D eigenvalue weighted by Crippen LogP contribution is 2.32. The number of nitrogens with zero attached hydrogens (tertiary/aromatic N) is 2. The molecule has 0 fully saturated rings. The van der Waals surface area contributed by atoms with E-state index in [9.17, 15) is 0 Å². The van der Waals surface area contributed by atoms with E-state index in [4.69, 9.17) is 38.1 Å². The molecule has 23 heavy (non-hydrogen) atoms. The summed E-state index contributed by atoms with van der Waals surface area (Å²) in [5, 5.41) is 0.493. The molecule has 0 spiro atoms. The Morgan fingerprint density at radius 1 is 1.30 bits per heavy atom. The fourth-order valence-corrected chi connectivity index (χ4v) is 2.42. The molecule has 2 N–H and O–H groups in total. The van der Waals surface area contributed by atoms with Crippen LogP contribution in [-0.4, -0.2) is 23.8 Å². The lowest BCUT2D eigenvalue weighted by molar-refractivity contribution is 0.415. The number of benzene rings is 2. The Hall–Kier alpha value is -2.24. The second-order valence-electron chi connectivity index (χ2n) is 4.76. The Morgan fingerprint density at radius 2 is 2.13 bits per heavy atom. The molecule has 0 radical (unpaired) electrons. The van der Waals surface area contributed by atoms with Gasteiger partial charge in [-0.3, -0.25) is 0 Å². The van der Waals surface area contributed by atoms with Gasteiger partial charge < -0.3 is 14.9 Å². The molecule has 5 nitrogen and oxygen atoms in total. The van der Waals surface area contributed by atoms with Gasteiger partial charge in [0.15, 0.2) is 5.58 Å². The first-order chi connectivity index (χ1) is 11.1. The van der Waals surface area contributed by atoms with Crippen LogP contribution < -0.4 is 10.5 Å². The third-order valence-corrected chi connectivity index (χ3v) is 3.75. The van der Waals surface area contributed by atoms with Crippen LogP contribution in [0, 0.1) is 0 Å². The molecule has 7 heteroatoms. The van der Waals surface area contributed by atoms with E-state index in [1.54, 1.807) is 37.4 Å². The average Bonchev–Trinajstić information content (AvgIpc) is 2.97. The Morgan fingerprint density at radius 3 is 2.83 bits per heavy atom. The Kier molecular flexibility index (Phi) is 4.41. The topological polar surface area (TPSA) is 73.6 Å². The summed E-state index contributed by atoms with van der Waals surface area (Å²) in [5.41, 5.74) is 8.39. The molecule has 2 aromatic carbocycles. The molecule has 0 aliphatic carbocycles. The second kappa shape index (κ2) is 6.48. The lowest BCUT2D eigenvalue weighted by atomic mass is 10.2. The number of alkyl halides is 1. The third kappa shape index (κ3) is 3.25. The first-order valence-electron chi connectivity index (χ1n) is 6.74. The van der Waals surface area contributed by atoms with Gasteiger partial charge in [-0.1, -0.05) is 11.6 Å². The largest absolute Gasteiger partial charge is 0.495 e. The number of rotatable bonds is 4. The van der Waals surface area contributed by atoms with E-state index in [1.807, 2.05) is 6.07 Å². The lowest BCUT2D eigenvalue weighted by Crippen LogP contribution is -2.12. The number of fused-ring (bicyclic) bond motifs is 1. The molecule has 0 atom stereocenters. The minimum Gasteiger partial charge on any atom is -0.495 e. The molecule has 0 bridgehead atoms. The SMILES string of the molecule is COc1ccc(-c2nc3cc(N=C(N)CCl)ccc3o2)cc1Cl. The zero-order chi connectivity index (χ0) is 16.4. The summed E-state index contributed by atoms with van der Waals surface area (Å²) in [4.78, 5) is 8.65. The van der Waals surface area contributed by atoms with Crippen LogP contribution in [0.4, 0.5) is 5.69 Å². The third-order valence-electron chi connectivity index (χ3n) is 3.18. The van der Waals surface area contributed by atoms with Crippen molar-refractivity contribution < 1.29 is 9.15 Å². The highest BCUT2D eigenvalue weighted by Gasteiger charge is 2.11. The van der Waals surface area contributed by atoms with Gasteiger partial charge in [0.05, 0.1) is 23.7 Å². The van der Waals surface area contributed by atoms with E-state index in [1.165, 1.54) is 0 Å². The number of methoxy groups -OCH3 is 1. The van der Waals surface area contributed by atoms with Crippen LogP contribution in [-0.2, 0) is 0 Å². The number of hydrogen-bond acceptors (Lipinski definition) is 4. The van der Waals surface area contributed by atoms with Crippen molar-refractivity contribution in [2.24, 2.45) is 10.7 Å². The maximum Gasteiger partial charge on any atom is 0.227 e. The Bertz CT molecular complexity index is 890. The normalized spacial score (nSPS) is 11.9. The van der Waals surface area contributed by atoms with Crippen molar-refractivity contribution >= 4 is 45.8 Å². The Balaban J connectivity index is 2.01. The van der Waals surface area contributed by atoms with Gasteiger partial charge >= 0.3 is 0 Å². The molecule has 0 saturated heterocycles. The lowest BCUT2D eigenvalue weighted by Gasteiger charge is -2.03. The highest BCUT2D eigenvalue weighted by atomic mass is 35.5. The van der Waals surface area contributed by atoms with Crippen molar-refractivity contribution in [1.82, 2.24) is 4.98 Å². The summed E-state index contributed by atoms with van der Waals surface area (Å²) in [6.07, 6.45) is 0. The summed E-state index contributed by atoms with van der Waals surface area (Å²) in [6, 6.07) is 10.7. The molecule has 0 saturated carbocycles. The van der Waals surface area contributed by atoms with Crippen LogP contribution in [0.25, 0.3) is 22.6 Å². The van der Waals surface area contributed by atoms with Gasteiger partial charge in [0.2, 0.25) is 5.89 Å². The van der Waals surface area contributed by atoms with Gasteiger partial charge in [0.1, 0.15) is 17.1 Å². The second-order valence-corrected chi connectivity index (χ2v) is 5.43. The summed E-state index contributed by atoms with van der Waals surface area (Å²) in [7, 11) is 1.56. The van der Waals surface area contributed by atoms with E-state index in [0.717, 1.165) is 5.56 Å². The zero-order valence-corrected chi connectivity index (χ0v) is 13.7. The molecule has 1 heterocycles. The van der Waals surface area contributed by atoms with Crippen LogP contribution in [0.15, 0.2) is 45.8 Å². The van der Waals surface area contributed by atoms with Crippen molar-refractivity contribution in [2.45, 2.75) is 0 Å². The number of aliphatic imine (C=N–C) groups is 1. The van der Waals surface area contributed by atoms with E-state index < -0.39 is 0 Å². The summed E-state index contributed by atoms with van der Waals surface area (Å²) in [6.45, 7) is 0. The quantitative estimate of drug-likeness (QED) is 0.430. The van der Waals surface area contributed by atoms with E-state index in [-0.39, 0.29) is 5.88 Å². The number of halogens is 2. The van der Waals surface area contributed by atoms with Gasteiger partial charge in [-0.25, -0.2) is 9.98 Å². The average molecular weight is 350 g/mol. The highest BCUT2D eigenvalue weighted by molar-refractivity contribution is 6.32. The fraction of sp³-hybridized carbons (Fsp3) is 0.125. The molecule has 3 aromatic rings. The van der Waals surface area contributed by atoms with Crippen molar-refractivity contribution in [1.29, 1.82) is 0 Å². The van der Waals surface area contributed by atoms with Gasteiger partial charge in [-0.2, -0.15) is 0 Å². The summed E-state index contributed by atoms with van der Waals surface area (Å²) < 4.78 is 10.9. The number of ether oxygens (including phenoxy) is 1. The molecular weight excluding hydrogens is 337 g/mol. The van der Waals surface area contributed by atoms with Crippen LogP contribution in [0.5, 0.6) is 5.75 Å². The molecular formula is C16H13Cl2N3O2. The predicted octanol–water partition coefficient (Wildman–Crippen LogP) is 4.38. The number of aromatic nitrogens is 1. The summed E-state index contributed by atoms with van der Waals surface area (Å²) >= 11 is 11.8. The number of amidine groups is 1. The molecule has 3 rings (SSSR count). The van der Waals surface area contributed by atoms with Gasteiger partial charge in [0.25, 0.3) is 0 Å². The van der Waals surface area contributed by atoms with E-state index in [0.29, 0.717) is 39.3 Å². The van der Waals surface area contributed by atoms with Gasteiger partial charge in [0, 0.05) is 5.56 Å². The standard InChI is InChI=1S/C16H13Cl2N3O2/c1-22-13-4-2-9(6-11(13)18)16-21-12-7-10(20-15(19)8-17)3-5-14(12)23-16/h2-7H,8H2,1H3,(H2,19,20). The molecule has 118 valence electrons. The fourth-order valence-electron chi connectivity index (χ4n) is 2.10. The first-order valence-corrected chi connectivity index (χ1v) is 7.65. The maximum atomic E-state index is 6.14. The minimum atomic E-state index is 0.173. The predicted molar refractivity (Wildman–Crippen MR) is 93.0 cm³/mol. The Labute approximate surface area is 142 Å². The van der Waals surface area contributed by atoms with E-state index in [2.05, 4.69) is 9.98 Å². The van der Waals surface area contributed by atoms with Crippen molar-refractivity contribution in [3.63, 3.8) is 0 Å². The zero-order valence-electron chi connectivity index (χ0n) is 12.2. The number of nitrogens with two attached hydrogens (primary N) is 1. The number of oxazole rings is 1. The van der Waals surface area contributed by atoms with Crippen molar-refractivity contribution in [3.05, 3.63) is 41.4 Å². The monoisotopic (exact) mass is 349 g/mol. The number of hydrogen-bond donors (Lipinski definition) is 1. The van der Waals surface area contributed by atoms with Gasteiger partial charge in [-0.15, -0.1) is 11.6 Å². The summed E-state index contributed by atoms with van der Waals surface area (Å²) in [5.74, 6) is 1.58. The van der Waals surface area contributed by atoms with Crippen molar-refractivity contribution in [2.75, 3.05) is 13.0 Å².